The maximum atomic E-state index is 12.4. The smallest absolute Gasteiger partial charge is 0.238 e. The molecule has 1 aliphatic heterocycles. The fraction of sp³-hybridized carbons (Fsp3) is 0.364. The Balaban J connectivity index is 1.32. The van der Waals surface area contributed by atoms with Crippen molar-refractivity contribution in [1.29, 1.82) is 0 Å². The van der Waals surface area contributed by atoms with Crippen molar-refractivity contribution in [2.75, 3.05) is 39.2 Å². The molecule has 9 nitrogen and oxygen atoms in total. The van der Waals surface area contributed by atoms with E-state index < -0.39 is 0 Å². The first-order chi connectivity index (χ1) is 16.0. The summed E-state index contributed by atoms with van der Waals surface area (Å²) in [4.78, 5) is 16.2. The van der Waals surface area contributed by atoms with Gasteiger partial charge in [0.2, 0.25) is 11.7 Å². The van der Waals surface area contributed by atoms with Crippen LogP contribution >= 0.6 is 23.2 Å². The van der Waals surface area contributed by atoms with Crippen molar-refractivity contribution in [3.05, 3.63) is 46.4 Å². The Morgan fingerprint density at radius 3 is 2.55 bits per heavy atom. The predicted molar refractivity (Wildman–Crippen MR) is 126 cm³/mol. The number of aromatic nitrogens is 4. The molecule has 2 aromatic carbocycles. The predicted octanol–water partition coefficient (Wildman–Crippen LogP) is 3.94. The first kappa shape index (κ1) is 23.3. The molecule has 11 heteroatoms. The average molecular weight is 491 g/mol. The summed E-state index contributed by atoms with van der Waals surface area (Å²) in [7, 11) is 3.18. The van der Waals surface area contributed by atoms with Crippen LogP contribution in [0.25, 0.3) is 11.4 Å². The quantitative estimate of drug-likeness (QED) is 0.535. The summed E-state index contributed by atoms with van der Waals surface area (Å²) < 4.78 is 10.6. The number of nitrogens with zero attached hydrogens (tertiary/aromatic N) is 5. The molecule has 1 fully saturated rings. The zero-order valence-corrected chi connectivity index (χ0v) is 19.8. The van der Waals surface area contributed by atoms with E-state index in [-0.39, 0.29) is 18.5 Å². The number of benzene rings is 2. The molecule has 3 aromatic rings. The maximum absolute atomic E-state index is 12.4. The van der Waals surface area contributed by atoms with Gasteiger partial charge in [-0.15, -0.1) is 10.2 Å². The largest absolute Gasteiger partial charge is 0.493 e. The van der Waals surface area contributed by atoms with Crippen molar-refractivity contribution >= 4 is 34.8 Å². The van der Waals surface area contributed by atoms with Crippen molar-refractivity contribution < 1.29 is 14.3 Å². The second-order valence-electron chi connectivity index (χ2n) is 7.68. The monoisotopic (exact) mass is 490 g/mol. The van der Waals surface area contributed by atoms with Crippen LogP contribution in [-0.4, -0.2) is 64.9 Å². The number of methoxy groups -OCH3 is 2. The molecule has 4 rings (SSSR count). The van der Waals surface area contributed by atoms with E-state index >= 15 is 0 Å². The van der Waals surface area contributed by atoms with E-state index in [9.17, 15) is 4.79 Å². The van der Waals surface area contributed by atoms with Crippen molar-refractivity contribution in [1.82, 2.24) is 25.1 Å². The number of anilines is 1. The molecule has 1 aliphatic rings. The zero-order valence-electron chi connectivity index (χ0n) is 18.3. The molecule has 1 amide bonds. The number of hydrogen-bond donors (Lipinski definition) is 1. The molecule has 0 aliphatic carbocycles. The summed E-state index contributed by atoms with van der Waals surface area (Å²) in [5.74, 6) is 1.66. The second-order valence-corrected chi connectivity index (χ2v) is 8.53. The number of nitrogens with one attached hydrogen (secondary N) is 1. The molecule has 0 spiro atoms. The van der Waals surface area contributed by atoms with E-state index in [1.54, 1.807) is 37.2 Å². The molecule has 2 heterocycles. The van der Waals surface area contributed by atoms with Gasteiger partial charge in [0.05, 0.1) is 37.5 Å². The van der Waals surface area contributed by atoms with E-state index in [0.717, 1.165) is 31.5 Å². The van der Waals surface area contributed by atoms with Crippen LogP contribution in [0.5, 0.6) is 11.5 Å². The minimum Gasteiger partial charge on any atom is -0.493 e. The van der Waals surface area contributed by atoms with Crippen LogP contribution in [0, 0.1) is 0 Å². The van der Waals surface area contributed by atoms with E-state index in [4.69, 9.17) is 32.7 Å². The number of amides is 1. The van der Waals surface area contributed by atoms with E-state index in [0.29, 0.717) is 33.1 Å². The molecule has 0 unspecified atom stereocenters. The summed E-state index contributed by atoms with van der Waals surface area (Å²) >= 11 is 12.0. The Labute approximate surface area is 201 Å². The van der Waals surface area contributed by atoms with Gasteiger partial charge in [0.15, 0.2) is 11.5 Å². The van der Waals surface area contributed by atoms with Crippen molar-refractivity contribution in [3.63, 3.8) is 0 Å². The van der Waals surface area contributed by atoms with Gasteiger partial charge in [0.1, 0.15) is 0 Å². The molecule has 1 aromatic heterocycles. The minimum absolute atomic E-state index is 0.118. The fourth-order valence-electron chi connectivity index (χ4n) is 3.76. The van der Waals surface area contributed by atoms with Crippen molar-refractivity contribution in [3.8, 4) is 22.9 Å². The Kier molecular flexibility index (Phi) is 7.32. The van der Waals surface area contributed by atoms with Crippen LogP contribution in [0.1, 0.15) is 18.9 Å². The molecule has 0 atom stereocenters. The number of carbonyl (C=O) groups excluding carboxylic acids is 1. The van der Waals surface area contributed by atoms with Gasteiger partial charge in [-0.2, -0.15) is 4.80 Å². The lowest BCUT2D eigenvalue weighted by Gasteiger charge is -2.30. The highest BCUT2D eigenvalue weighted by Crippen LogP contribution is 2.31. The second kappa shape index (κ2) is 10.4. The number of halogens is 2. The molecule has 1 N–H and O–H groups in total. The van der Waals surface area contributed by atoms with Gasteiger partial charge in [-0.1, -0.05) is 23.2 Å². The van der Waals surface area contributed by atoms with Crippen LogP contribution < -0.4 is 14.8 Å². The highest BCUT2D eigenvalue weighted by atomic mass is 35.5. The maximum Gasteiger partial charge on any atom is 0.238 e. The number of likely N-dealkylation sites (tertiary alicyclic amines) is 1. The molecular formula is C22H24Cl2N6O3. The lowest BCUT2D eigenvalue weighted by molar-refractivity contribution is -0.117. The SMILES string of the molecule is COc1ccc(-c2nnn(C3CCN(CC(=O)Nc4ccc(Cl)cc4Cl)CC3)n2)cc1OC. The van der Waals surface area contributed by atoms with Gasteiger partial charge < -0.3 is 14.8 Å². The number of tetrazole rings is 1. The first-order valence-electron chi connectivity index (χ1n) is 10.5. The Hall–Kier alpha value is -2.88. The van der Waals surface area contributed by atoms with Crippen molar-refractivity contribution in [2.24, 2.45) is 0 Å². The lowest BCUT2D eigenvalue weighted by Crippen LogP contribution is -2.40. The number of hydrogen-bond acceptors (Lipinski definition) is 7. The topological polar surface area (TPSA) is 94.4 Å². The molecule has 1 saturated heterocycles. The molecule has 0 bridgehead atoms. The zero-order chi connectivity index (χ0) is 23.4. The third kappa shape index (κ3) is 5.55. The number of ether oxygens (including phenoxy) is 2. The van der Waals surface area contributed by atoms with Crippen LogP contribution in [0.2, 0.25) is 10.0 Å². The van der Waals surface area contributed by atoms with Crippen LogP contribution in [0.3, 0.4) is 0 Å². The van der Waals surface area contributed by atoms with E-state index in [1.807, 2.05) is 18.2 Å². The highest BCUT2D eigenvalue weighted by Gasteiger charge is 2.24. The van der Waals surface area contributed by atoms with Gasteiger partial charge in [0, 0.05) is 23.7 Å². The standard InChI is InChI=1S/C22H24Cl2N6O3/c1-32-19-6-3-14(11-20(19)33-2)22-26-28-30(27-22)16-7-9-29(10-8-16)13-21(31)25-18-5-4-15(23)12-17(18)24/h3-6,11-12,16H,7-10,13H2,1-2H3,(H,25,31). The van der Waals surface area contributed by atoms with Gasteiger partial charge in [-0.25, -0.2) is 0 Å². The van der Waals surface area contributed by atoms with Gasteiger partial charge >= 0.3 is 0 Å². The fourth-order valence-corrected chi connectivity index (χ4v) is 4.22. The first-order valence-corrected chi connectivity index (χ1v) is 11.2. The summed E-state index contributed by atoms with van der Waals surface area (Å²) in [6, 6.07) is 10.6. The summed E-state index contributed by atoms with van der Waals surface area (Å²) in [6.07, 6.45) is 1.63. The Bertz CT molecular complexity index is 1130. The number of carbonyl (C=O) groups is 1. The minimum atomic E-state index is -0.118. The summed E-state index contributed by atoms with van der Waals surface area (Å²) in [6.45, 7) is 1.78. The van der Waals surface area contributed by atoms with Crippen molar-refractivity contribution in [2.45, 2.75) is 18.9 Å². The third-order valence-corrected chi connectivity index (χ3v) is 6.07. The Morgan fingerprint density at radius 1 is 1.09 bits per heavy atom. The van der Waals surface area contributed by atoms with Gasteiger partial charge in [-0.3, -0.25) is 9.69 Å². The summed E-state index contributed by atoms with van der Waals surface area (Å²) in [5, 5.41) is 16.8. The third-order valence-electron chi connectivity index (χ3n) is 5.53. The highest BCUT2D eigenvalue weighted by molar-refractivity contribution is 6.36. The number of rotatable bonds is 7. The van der Waals surface area contributed by atoms with Gasteiger partial charge in [0.25, 0.3) is 0 Å². The van der Waals surface area contributed by atoms with Crippen LogP contribution in [-0.2, 0) is 4.79 Å². The molecule has 33 heavy (non-hydrogen) atoms. The molecular weight excluding hydrogens is 467 g/mol. The number of piperidine rings is 1. The molecule has 0 radical (unpaired) electrons. The average Bonchev–Trinajstić information content (AvgIpc) is 3.31. The van der Waals surface area contributed by atoms with E-state index in [2.05, 4.69) is 25.6 Å². The van der Waals surface area contributed by atoms with Gasteiger partial charge in [-0.05, 0) is 54.5 Å². The van der Waals surface area contributed by atoms with Crippen LogP contribution in [0.15, 0.2) is 36.4 Å². The van der Waals surface area contributed by atoms with E-state index in [1.165, 1.54) is 0 Å². The van der Waals surface area contributed by atoms with Crippen LogP contribution in [0.4, 0.5) is 5.69 Å². The normalized spacial score (nSPS) is 14.8. The lowest BCUT2D eigenvalue weighted by atomic mass is 10.1. The summed E-state index contributed by atoms with van der Waals surface area (Å²) in [5.41, 5.74) is 1.35. The Morgan fingerprint density at radius 2 is 1.85 bits per heavy atom. The molecule has 174 valence electrons. The molecule has 0 saturated carbocycles.